The Morgan fingerprint density at radius 1 is 1.54 bits per heavy atom. The van der Waals surface area contributed by atoms with E-state index in [4.69, 9.17) is 5.11 Å². The van der Waals surface area contributed by atoms with Crippen LogP contribution in [0.5, 0.6) is 0 Å². The third-order valence-corrected chi connectivity index (χ3v) is 3.14. The van der Waals surface area contributed by atoms with Gasteiger partial charge in [-0.25, -0.2) is 0 Å². The number of hydrogen-bond donors (Lipinski definition) is 2. The summed E-state index contributed by atoms with van der Waals surface area (Å²) >= 11 is 0. The Labute approximate surface area is 78.8 Å². The molecule has 0 radical (unpaired) electrons. The molecular formula is C10H18O3. The van der Waals surface area contributed by atoms with E-state index < -0.39 is 5.60 Å². The zero-order valence-corrected chi connectivity index (χ0v) is 8.29. The summed E-state index contributed by atoms with van der Waals surface area (Å²) < 4.78 is 0. The lowest BCUT2D eigenvalue weighted by Crippen LogP contribution is -2.42. The maximum atomic E-state index is 11.4. The molecule has 0 saturated heterocycles. The fraction of sp³-hybridized carbons (Fsp3) is 0.900. The van der Waals surface area contributed by atoms with Crippen LogP contribution >= 0.6 is 0 Å². The molecular weight excluding hydrogens is 168 g/mol. The van der Waals surface area contributed by atoms with Crippen LogP contribution in [0.1, 0.15) is 33.1 Å². The molecule has 0 heterocycles. The van der Waals surface area contributed by atoms with Crippen molar-refractivity contribution in [1.82, 2.24) is 0 Å². The highest BCUT2D eigenvalue weighted by Gasteiger charge is 2.36. The molecule has 3 atom stereocenters. The second-order valence-electron chi connectivity index (χ2n) is 4.36. The van der Waals surface area contributed by atoms with Gasteiger partial charge in [-0.3, -0.25) is 4.79 Å². The lowest BCUT2D eigenvalue weighted by molar-refractivity contribution is -0.131. The van der Waals surface area contributed by atoms with Crippen LogP contribution in [0.4, 0.5) is 0 Å². The van der Waals surface area contributed by atoms with Gasteiger partial charge in [0.05, 0.1) is 12.2 Å². The van der Waals surface area contributed by atoms with Gasteiger partial charge in [0.1, 0.15) is 5.78 Å². The molecule has 1 rings (SSSR count). The predicted octanol–water partition coefficient (Wildman–Crippen LogP) is 0.735. The number of carbonyl (C=O) groups is 1. The molecule has 3 nitrogen and oxygen atoms in total. The van der Waals surface area contributed by atoms with Crippen molar-refractivity contribution in [2.45, 2.75) is 38.7 Å². The molecule has 0 spiro atoms. The molecule has 0 aromatic carbocycles. The molecule has 1 aliphatic rings. The van der Waals surface area contributed by atoms with Crippen molar-refractivity contribution in [2.75, 3.05) is 6.61 Å². The fourth-order valence-corrected chi connectivity index (χ4v) is 1.82. The third-order valence-electron chi connectivity index (χ3n) is 3.14. The number of Topliss-reactive ketones (excluding diaryl/α,β-unsaturated/α-hetero) is 1. The average Bonchev–Trinajstić information content (AvgIpc) is 2.09. The van der Waals surface area contributed by atoms with Crippen LogP contribution in [0.2, 0.25) is 0 Å². The van der Waals surface area contributed by atoms with E-state index in [0.29, 0.717) is 6.42 Å². The minimum Gasteiger partial charge on any atom is -0.393 e. The van der Waals surface area contributed by atoms with Gasteiger partial charge >= 0.3 is 0 Å². The molecule has 1 saturated carbocycles. The molecule has 2 N–H and O–H groups in total. The van der Waals surface area contributed by atoms with Gasteiger partial charge in [-0.15, -0.1) is 0 Å². The zero-order valence-electron chi connectivity index (χ0n) is 8.29. The van der Waals surface area contributed by atoms with E-state index in [2.05, 4.69) is 0 Å². The van der Waals surface area contributed by atoms with Crippen LogP contribution in [0, 0.1) is 11.8 Å². The minimum atomic E-state index is -1.09. The molecule has 0 amide bonds. The standard InChI is InChI=1S/C10H18O3/c1-7-3-4-8(5-9(7)12)10(2,13)6-11/h7-8,11,13H,3-6H2,1-2H3. The van der Waals surface area contributed by atoms with Crippen molar-refractivity contribution >= 4 is 5.78 Å². The van der Waals surface area contributed by atoms with Crippen LogP contribution < -0.4 is 0 Å². The predicted molar refractivity (Wildman–Crippen MR) is 49.2 cm³/mol. The smallest absolute Gasteiger partial charge is 0.136 e. The van der Waals surface area contributed by atoms with Crippen LogP contribution in [0.25, 0.3) is 0 Å². The summed E-state index contributed by atoms with van der Waals surface area (Å²) in [7, 11) is 0. The lowest BCUT2D eigenvalue weighted by atomic mass is 9.74. The van der Waals surface area contributed by atoms with Gasteiger partial charge in [-0.1, -0.05) is 6.92 Å². The van der Waals surface area contributed by atoms with E-state index in [0.717, 1.165) is 12.8 Å². The van der Waals surface area contributed by atoms with Crippen LogP contribution in [-0.2, 0) is 4.79 Å². The Kier molecular flexibility index (Phi) is 3.09. The molecule has 0 aromatic heterocycles. The van der Waals surface area contributed by atoms with E-state index in [-0.39, 0.29) is 24.2 Å². The van der Waals surface area contributed by atoms with Gasteiger partial charge in [-0.05, 0) is 25.7 Å². The van der Waals surface area contributed by atoms with E-state index in [1.54, 1.807) is 6.92 Å². The summed E-state index contributed by atoms with van der Waals surface area (Å²) in [6.45, 7) is 3.26. The molecule has 0 bridgehead atoms. The SMILES string of the molecule is CC1CCC(C(C)(O)CO)CC1=O. The summed E-state index contributed by atoms with van der Waals surface area (Å²) in [5.74, 6) is 0.275. The number of ketones is 1. The summed E-state index contributed by atoms with van der Waals surface area (Å²) in [5.41, 5.74) is -1.09. The highest BCUT2D eigenvalue weighted by atomic mass is 16.3. The van der Waals surface area contributed by atoms with Gasteiger partial charge < -0.3 is 10.2 Å². The topological polar surface area (TPSA) is 57.5 Å². The normalized spacial score (nSPS) is 34.3. The summed E-state index contributed by atoms with van der Waals surface area (Å²) in [4.78, 5) is 11.4. The first-order valence-electron chi connectivity index (χ1n) is 4.83. The summed E-state index contributed by atoms with van der Waals surface area (Å²) in [6.07, 6.45) is 2.08. The van der Waals surface area contributed by atoms with Crippen LogP contribution in [0.15, 0.2) is 0 Å². The first kappa shape index (κ1) is 10.7. The second kappa shape index (κ2) is 3.76. The fourth-order valence-electron chi connectivity index (χ4n) is 1.82. The van der Waals surface area contributed by atoms with E-state index in [1.807, 2.05) is 6.92 Å². The minimum absolute atomic E-state index is 0.0683. The highest BCUT2D eigenvalue weighted by Crippen LogP contribution is 2.32. The van der Waals surface area contributed by atoms with Gasteiger partial charge in [0.2, 0.25) is 0 Å². The van der Waals surface area contributed by atoms with E-state index in [9.17, 15) is 9.90 Å². The van der Waals surface area contributed by atoms with Crippen molar-refractivity contribution in [1.29, 1.82) is 0 Å². The molecule has 76 valence electrons. The largest absolute Gasteiger partial charge is 0.393 e. The Balaban J connectivity index is 2.60. The van der Waals surface area contributed by atoms with Crippen molar-refractivity contribution in [3.05, 3.63) is 0 Å². The van der Waals surface area contributed by atoms with Crippen molar-refractivity contribution < 1.29 is 15.0 Å². The second-order valence-corrected chi connectivity index (χ2v) is 4.36. The van der Waals surface area contributed by atoms with Crippen molar-refractivity contribution in [3.63, 3.8) is 0 Å². The molecule has 13 heavy (non-hydrogen) atoms. The quantitative estimate of drug-likeness (QED) is 0.668. The summed E-state index contributed by atoms with van der Waals surface area (Å²) in [6, 6.07) is 0. The number of aliphatic hydroxyl groups excluding tert-OH is 1. The Morgan fingerprint density at radius 2 is 2.15 bits per heavy atom. The molecule has 3 unspecified atom stereocenters. The molecule has 0 aromatic rings. The first-order chi connectivity index (χ1) is 5.97. The first-order valence-corrected chi connectivity index (χ1v) is 4.83. The lowest BCUT2D eigenvalue weighted by Gasteiger charge is -2.35. The monoisotopic (exact) mass is 186 g/mol. The highest BCUT2D eigenvalue weighted by molar-refractivity contribution is 5.81. The average molecular weight is 186 g/mol. The number of carbonyl (C=O) groups excluding carboxylic acids is 1. The third kappa shape index (κ3) is 2.29. The van der Waals surface area contributed by atoms with Gasteiger partial charge in [0.25, 0.3) is 0 Å². The zero-order chi connectivity index (χ0) is 10.1. The molecule has 0 aliphatic heterocycles. The van der Waals surface area contributed by atoms with E-state index in [1.165, 1.54) is 0 Å². The van der Waals surface area contributed by atoms with Gasteiger partial charge in [0.15, 0.2) is 0 Å². The van der Waals surface area contributed by atoms with Crippen molar-refractivity contribution in [3.8, 4) is 0 Å². The number of rotatable bonds is 2. The van der Waals surface area contributed by atoms with Crippen LogP contribution in [-0.4, -0.2) is 28.2 Å². The number of hydrogen-bond acceptors (Lipinski definition) is 3. The Bertz CT molecular complexity index is 198. The molecule has 3 heteroatoms. The Hall–Kier alpha value is -0.410. The maximum absolute atomic E-state index is 11.4. The summed E-state index contributed by atoms with van der Waals surface area (Å²) in [5, 5.41) is 18.7. The molecule has 1 fully saturated rings. The van der Waals surface area contributed by atoms with Gasteiger partial charge in [-0.2, -0.15) is 0 Å². The van der Waals surface area contributed by atoms with Crippen LogP contribution in [0.3, 0.4) is 0 Å². The maximum Gasteiger partial charge on any atom is 0.136 e. The number of aliphatic hydroxyl groups is 2. The van der Waals surface area contributed by atoms with Gasteiger partial charge in [0, 0.05) is 12.3 Å². The Morgan fingerprint density at radius 3 is 2.62 bits per heavy atom. The van der Waals surface area contributed by atoms with Crippen molar-refractivity contribution in [2.24, 2.45) is 11.8 Å². The van der Waals surface area contributed by atoms with E-state index >= 15 is 0 Å². The molecule has 1 aliphatic carbocycles.